The van der Waals surface area contributed by atoms with Crippen LogP contribution < -0.4 is 28.4 Å². The molecule has 526 valence electrons. The van der Waals surface area contributed by atoms with E-state index in [1.54, 1.807) is 35.5 Å². The van der Waals surface area contributed by atoms with Gasteiger partial charge in [-0.2, -0.15) is 0 Å². The second-order valence-corrected chi connectivity index (χ2v) is 27.4. The number of hydrogen-bond donors (Lipinski definition) is 2. The molecule has 101 heavy (non-hydrogen) atoms. The molecule has 0 aliphatic rings. The summed E-state index contributed by atoms with van der Waals surface area (Å²) in [6.07, 6.45) is 2.63. The van der Waals surface area contributed by atoms with Crippen molar-refractivity contribution >= 4 is 15.7 Å². The molecule has 2 N–H and O–H groups in total. The van der Waals surface area contributed by atoms with E-state index in [9.17, 15) is 15.2 Å². The number of para-hydroxylation sites is 1. The van der Waals surface area contributed by atoms with Gasteiger partial charge in [-0.1, -0.05) is 194 Å². The molecule has 16 nitrogen and oxygen atoms in total. The highest BCUT2D eigenvalue weighted by molar-refractivity contribution is 7.89. The van der Waals surface area contributed by atoms with Crippen molar-refractivity contribution in [1.29, 1.82) is 0 Å². The summed E-state index contributed by atoms with van der Waals surface area (Å²) in [4.78, 5) is 21.7. The van der Waals surface area contributed by atoms with Crippen LogP contribution in [-0.2, 0) is 68.3 Å². The van der Waals surface area contributed by atoms with Gasteiger partial charge in [0.2, 0.25) is 10.0 Å². The Bertz CT molecular complexity index is 4190. The standard InChI is InChI=1S/C84H94N6O10S/c1-96-78-40-30-64(31-41-78)50-73(85-101(94,95)84-29-19-18-28-83(84)90(92)93)59-86(55-69-20-10-6-11-21-69)74(51-65-32-42-79(97-2)43-33-65)60-87(56-70-22-12-7-13-23-70)75(52-66-34-44-80(98-3)45-35-66)61-88(57-71-24-14-8-15-25-71)76(53-67-36-46-81(99-4)47-37-67)62-89(58-72-26-16-9-17-27-72)77(63-91)54-68-38-48-82(100-5)49-39-68/h6-49,73-77,85,91H,50-63H2,1-5H3/t73-,74-,75-,76-,77-/m0/s1. The third-order valence-corrected chi connectivity index (χ3v) is 20.4. The van der Waals surface area contributed by atoms with Crippen molar-refractivity contribution in [2.45, 2.75) is 93.4 Å². The molecule has 0 heterocycles. The fourth-order valence-corrected chi connectivity index (χ4v) is 14.8. The van der Waals surface area contributed by atoms with Crippen molar-refractivity contribution in [2.75, 3.05) is 68.3 Å². The number of benzene rings is 10. The fraction of sp³-hybridized carbons (Fsp3) is 0.286. The molecule has 0 amide bonds. The van der Waals surface area contributed by atoms with Crippen LogP contribution in [0.15, 0.2) is 272 Å². The fourth-order valence-electron chi connectivity index (χ4n) is 13.4. The first-order valence-electron chi connectivity index (χ1n) is 34.4. The first-order chi connectivity index (χ1) is 49.3. The molecule has 0 aliphatic carbocycles. The van der Waals surface area contributed by atoms with Crippen LogP contribution >= 0.6 is 0 Å². The van der Waals surface area contributed by atoms with Gasteiger partial charge in [-0.3, -0.25) is 29.7 Å². The van der Waals surface area contributed by atoms with Gasteiger partial charge in [0.1, 0.15) is 28.7 Å². The van der Waals surface area contributed by atoms with Gasteiger partial charge in [0.05, 0.1) is 47.1 Å². The molecule has 0 radical (unpaired) electrons. The molecule has 5 atom stereocenters. The number of sulfonamides is 1. The zero-order valence-corrected chi connectivity index (χ0v) is 59.3. The zero-order chi connectivity index (χ0) is 70.8. The summed E-state index contributed by atoms with van der Waals surface area (Å²) in [5, 5.41) is 24.4. The molecule has 0 aromatic heterocycles. The van der Waals surface area contributed by atoms with Crippen LogP contribution in [0.4, 0.5) is 5.69 Å². The molecule has 10 aromatic carbocycles. The minimum atomic E-state index is -4.53. The van der Waals surface area contributed by atoms with E-state index < -0.39 is 31.6 Å². The van der Waals surface area contributed by atoms with Crippen molar-refractivity contribution in [2.24, 2.45) is 0 Å². The number of ether oxygens (including phenoxy) is 5. The molecular formula is C84H94N6O10S. The first-order valence-corrected chi connectivity index (χ1v) is 35.9. The highest BCUT2D eigenvalue weighted by atomic mass is 32.2. The summed E-state index contributed by atoms with van der Waals surface area (Å²) in [6, 6.07) is 86.5. The minimum absolute atomic E-state index is 0.0819. The van der Waals surface area contributed by atoms with Crippen LogP contribution in [0.5, 0.6) is 28.7 Å². The molecule has 0 spiro atoms. The van der Waals surface area contributed by atoms with Crippen LogP contribution in [0, 0.1) is 10.1 Å². The zero-order valence-electron chi connectivity index (χ0n) is 58.5. The molecule has 10 rings (SSSR count). The Morgan fingerprint density at radius 1 is 0.347 bits per heavy atom. The summed E-state index contributed by atoms with van der Waals surface area (Å²) < 4.78 is 61.6. The van der Waals surface area contributed by atoms with Crippen molar-refractivity contribution in [3.05, 3.63) is 327 Å². The molecule has 0 saturated carbocycles. The summed E-state index contributed by atoms with van der Waals surface area (Å²) >= 11 is 0. The van der Waals surface area contributed by atoms with Crippen LogP contribution in [0.3, 0.4) is 0 Å². The van der Waals surface area contributed by atoms with E-state index in [1.807, 2.05) is 103 Å². The quantitative estimate of drug-likeness (QED) is 0.0275. The lowest BCUT2D eigenvalue weighted by Gasteiger charge is -2.44. The van der Waals surface area contributed by atoms with Crippen LogP contribution in [0.1, 0.15) is 50.1 Å². The maximum Gasteiger partial charge on any atom is 0.289 e. The van der Waals surface area contributed by atoms with Crippen molar-refractivity contribution in [3.63, 3.8) is 0 Å². The van der Waals surface area contributed by atoms with Gasteiger partial charge < -0.3 is 28.8 Å². The summed E-state index contributed by atoms with van der Waals surface area (Å²) in [5.41, 5.74) is 9.12. The van der Waals surface area contributed by atoms with Gasteiger partial charge in [-0.05, 0) is 149 Å². The largest absolute Gasteiger partial charge is 0.497 e. The Kier molecular flexibility index (Phi) is 27.6. The predicted octanol–water partition coefficient (Wildman–Crippen LogP) is 14.0. The van der Waals surface area contributed by atoms with Gasteiger partial charge in [0.15, 0.2) is 4.90 Å². The lowest BCUT2D eigenvalue weighted by atomic mass is 9.96. The summed E-state index contributed by atoms with van der Waals surface area (Å²) in [5.74, 6) is 3.65. The third kappa shape index (κ3) is 22.2. The van der Waals surface area contributed by atoms with Gasteiger partial charge in [-0.15, -0.1) is 0 Å². The van der Waals surface area contributed by atoms with Crippen molar-refractivity contribution < 1.29 is 42.1 Å². The van der Waals surface area contributed by atoms with Gasteiger partial charge >= 0.3 is 0 Å². The predicted molar refractivity (Wildman–Crippen MR) is 400 cm³/mol. The second kappa shape index (κ2) is 37.7. The van der Waals surface area contributed by atoms with E-state index in [0.29, 0.717) is 77.2 Å². The van der Waals surface area contributed by atoms with Crippen LogP contribution in [-0.4, -0.2) is 137 Å². The Hall–Kier alpha value is -9.69. The number of nitrogens with one attached hydrogen (secondary N) is 1. The number of methoxy groups -OCH3 is 5. The normalized spacial score (nSPS) is 13.2. The lowest BCUT2D eigenvalue weighted by molar-refractivity contribution is -0.387. The smallest absolute Gasteiger partial charge is 0.289 e. The maximum absolute atomic E-state index is 15.0. The average Bonchev–Trinajstić information content (AvgIpc) is 0.824. The molecule has 10 aromatic rings. The first kappa shape index (κ1) is 74.0. The van der Waals surface area contributed by atoms with E-state index in [1.165, 1.54) is 24.3 Å². The highest BCUT2D eigenvalue weighted by Crippen LogP contribution is 2.30. The molecule has 0 bridgehead atoms. The van der Waals surface area contributed by atoms with E-state index in [4.69, 9.17) is 23.7 Å². The van der Waals surface area contributed by atoms with Crippen molar-refractivity contribution in [1.82, 2.24) is 24.3 Å². The average molecular weight is 1380 g/mol. The Morgan fingerprint density at radius 2 is 0.604 bits per heavy atom. The number of nitro benzene ring substituents is 1. The summed E-state index contributed by atoms with van der Waals surface area (Å²) in [7, 11) is 3.78. The Balaban J connectivity index is 1.15. The number of hydrogen-bond acceptors (Lipinski definition) is 14. The molecular weight excluding hydrogens is 1290 g/mol. The lowest BCUT2D eigenvalue weighted by Crippen LogP contribution is -2.56. The third-order valence-electron chi connectivity index (χ3n) is 18.8. The highest BCUT2D eigenvalue weighted by Gasteiger charge is 2.35. The number of aliphatic hydroxyl groups excluding tert-OH is 1. The van der Waals surface area contributed by atoms with Crippen LogP contribution in [0.2, 0.25) is 0 Å². The topological polar surface area (TPSA) is 169 Å². The van der Waals surface area contributed by atoms with Crippen molar-refractivity contribution in [3.8, 4) is 28.7 Å². The molecule has 0 unspecified atom stereocenters. The van der Waals surface area contributed by atoms with E-state index >= 15 is 8.42 Å². The number of aliphatic hydroxyl groups is 1. The Morgan fingerprint density at radius 3 is 0.891 bits per heavy atom. The van der Waals surface area contributed by atoms with Gasteiger partial charge in [0, 0.05) is 88.6 Å². The van der Waals surface area contributed by atoms with Crippen LogP contribution in [0.25, 0.3) is 0 Å². The monoisotopic (exact) mass is 1380 g/mol. The SMILES string of the molecule is COc1ccc(C[C@@H](CN(Cc2ccccc2)[C@@H](Cc2ccc(OC)cc2)CN(Cc2ccccc2)[C@@H](Cc2ccc(OC)cc2)CN(Cc2ccccc2)[C@@H](Cc2ccc(OC)cc2)CN(Cc2ccccc2)[C@H](CO)Cc2ccc(OC)cc2)NS(=O)(=O)c2ccccc2[N+](=O)[O-])cc1. The molecule has 0 aliphatic heterocycles. The number of nitrogens with zero attached hydrogens (tertiary/aromatic N) is 5. The second-order valence-electron chi connectivity index (χ2n) is 25.8. The molecule has 0 fully saturated rings. The Labute approximate surface area is 596 Å². The number of rotatable bonds is 40. The van der Waals surface area contributed by atoms with Gasteiger partial charge in [0.25, 0.3) is 5.69 Å². The maximum atomic E-state index is 15.0. The minimum Gasteiger partial charge on any atom is -0.497 e. The van der Waals surface area contributed by atoms with Gasteiger partial charge in [-0.25, -0.2) is 13.1 Å². The van der Waals surface area contributed by atoms with E-state index in [0.717, 1.165) is 73.1 Å². The molecule has 17 heteroatoms. The number of nitro groups is 1. The summed E-state index contributed by atoms with van der Waals surface area (Å²) in [6.45, 7) is 3.86. The van der Waals surface area contributed by atoms with E-state index in [-0.39, 0.29) is 43.7 Å². The molecule has 0 saturated heterocycles. The van der Waals surface area contributed by atoms with E-state index in [2.05, 4.69) is 164 Å².